The number of carbonyl (C=O) groups excluding carboxylic acids is 1. The zero-order valence-corrected chi connectivity index (χ0v) is 20.7. The largest absolute Gasteiger partial charge is 0.497 e. The van der Waals surface area contributed by atoms with Gasteiger partial charge in [-0.15, -0.1) is 0 Å². The Bertz CT molecular complexity index is 1360. The molecule has 0 aliphatic carbocycles. The number of benzene rings is 3. The molecule has 1 amide bonds. The fourth-order valence-corrected chi connectivity index (χ4v) is 5.05. The number of hydrogen-bond donors (Lipinski definition) is 0. The summed E-state index contributed by atoms with van der Waals surface area (Å²) in [7, 11) is 1.66. The topological polar surface area (TPSA) is 43.7 Å². The van der Waals surface area contributed by atoms with Crippen LogP contribution in [0.25, 0.3) is 10.9 Å². The van der Waals surface area contributed by atoms with E-state index in [4.69, 9.17) is 9.47 Å². The molecule has 0 unspecified atom stereocenters. The van der Waals surface area contributed by atoms with Crippen LogP contribution >= 0.6 is 0 Å². The van der Waals surface area contributed by atoms with Gasteiger partial charge in [-0.3, -0.25) is 4.79 Å². The Kier molecular flexibility index (Phi) is 7.05. The van der Waals surface area contributed by atoms with E-state index in [1.54, 1.807) is 13.2 Å². The molecule has 2 heterocycles. The molecule has 0 N–H and O–H groups in total. The zero-order valence-electron chi connectivity index (χ0n) is 20.7. The van der Waals surface area contributed by atoms with Crippen molar-refractivity contribution in [2.75, 3.05) is 33.4 Å². The number of rotatable bonds is 7. The first-order valence-corrected chi connectivity index (χ1v) is 12.4. The van der Waals surface area contributed by atoms with Gasteiger partial charge in [0.25, 0.3) is 0 Å². The highest BCUT2D eigenvalue weighted by Gasteiger charge is 2.28. The molecule has 0 radical (unpaired) electrons. The number of aryl methyl sites for hydroxylation is 1. The van der Waals surface area contributed by atoms with Gasteiger partial charge in [-0.25, -0.2) is 4.39 Å². The highest BCUT2D eigenvalue weighted by Crippen LogP contribution is 2.37. The number of methoxy groups -OCH3 is 1. The Morgan fingerprint density at radius 2 is 1.78 bits per heavy atom. The van der Waals surface area contributed by atoms with Crippen molar-refractivity contribution < 1.29 is 18.7 Å². The summed E-state index contributed by atoms with van der Waals surface area (Å²) in [6, 6.07) is 21.3. The number of fused-ring (bicyclic) bond motifs is 1. The van der Waals surface area contributed by atoms with Crippen LogP contribution in [0.15, 0.2) is 72.9 Å². The Morgan fingerprint density at radius 1 is 1.03 bits per heavy atom. The van der Waals surface area contributed by atoms with Crippen LogP contribution in [0, 0.1) is 12.7 Å². The summed E-state index contributed by atoms with van der Waals surface area (Å²) in [5.74, 6) is 0.152. The van der Waals surface area contributed by atoms with E-state index < -0.39 is 5.92 Å². The molecule has 0 saturated carbocycles. The van der Waals surface area contributed by atoms with Crippen LogP contribution < -0.4 is 4.74 Å². The minimum atomic E-state index is -0.401. The lowest BCUT2D eigenvalue weighted by molar-refractivity contribution is -0.135. The second-order valence-corrected chi connectivity index (χ2v) is 9.35. The molecule has 1 saturated heterocycles. The first-order chi connectivity index (χ1) is 17.5. The molecule has 4 aromatic rings. The monoisotopic (exact) mass is 486 g/mol. The van der Waals surface area contributed by atoms with E-state index in [9.17, 15) is 4.79 Å². The fourth-order valence-electron chi connectivity index (χ4n) is 5.05. The van der Waals surface area contributed by atoms with Crippen LogP contribution in [0.4, 0.5) is 4.39 Å². The third kappa shape index (κ3) is 5.00. The molecule has 0 spiro atoms. The number of aromatic nitrogens is 1. The van der Waals surface area contributed by atoms with Gasteiger partial charge in [0, 0.05) is 49.1 Å². The van der Waals surface area contributed by atoms with Crippen molar-refractivity contribution in [3.8, 4) is 5.75 Å². The number of nitrogens with zero attached hydrogens (tertiary/aromatic N) is 2. The Hall–Kier alpha value is -3.64. The quantitative estimate of drug-likeness (QED) is 0.345. The Labute approximate surface area is 211 Å². The molecule has 186 valence electrons. The second kappa shape index (κ2) is 10.5. The lowest BCUT2D eigenvalue weighted by atomic mass is 9.86. The maximum Gasteiger partial charge on any atom is 0.223 e. The molecule has 0 bridgehead atoms. The minimum Gasteiger partial charge on any atom is -0.497 e. The van der Waals surface area contributed by atoms with Crippen LogP contribution in [0.3, 0.4) is 0 Å². The summed E-state index contributed by atoms with van der Waals surface area (Å²) in [6.45, 7) is 4.83. The van der Waals surface area contributed by atoms with Gasteiger partial charge in [0.2, 0.25) is 5.91 Å². The number of para-hydroxylation sites is 1. The average molecular weight is 487 g/mol. The number of carbonyl (C=O) groups is 1. The molecule has 1 fully saturated rings. The predicted molar refractivity (Wildman–Crippen MR) is 139 cm³/mol. The molecule has 1 aromatic heterocycles. The molecule has 5 rings (SSSR count). The average Bonchev–Trinajstić information content (AvgIpc) is 3.27. The van der Waals surface area contributed by atoms with Crippen LogP contribution in [0.2, 0.25) is 0 Å². The molecule has 6 heteroatoms. The Balaban J connectivity index is 1.57. The molecule has 1 aliphatic rings. The standard InChI is InChI=1S/C30H31FN2O3/c1-21-7-12-28(31)26(17-21)25(18-30(34)32-13-15-36-16-14-32)27-20-33(29-6-4-3-5-24(27)29)19-22-8-10-23(35-2)11-9-22/h3-12,17,20,25H,13-16,18-19H2,1-2H3/t25-/m1/s1. The Morgan fingerprint density at radius 3 is 2.53 bits per heavy atom. The van der Waals surface area contributed by atoms with E-state index in [-0.39, 0.29) is 18.1 Å². The summed E-state index contributed by atoms with van der Waals surface area (Å²) in [4.78, 5) is 15.2. The van der Waals surface area contributed by atoms with E-state index in [1.807, 2.05) is 54.3 Å². The highest BCUT2D eigenvalue weighted by atomic mass is 19.1. The molecule has 36 heavy (non-hydrogen) atoms. The molecule has 1 aliphatic heterocycles. The predicted octanol–water partition coefficient (Wildman–Crippen LogP) is 5.53. The first kappa shape index (κ1) is 24.1. The highest BCUT2D eigenvalue weighted by molar-refractivity contribution is 5.87. The van der Waals surface area contributed by atoms with Crippen LogP contribution in [-0.4, -0.2) is 48.8 Å². The van der Waals surface area contributed by atoms with Gasteiger partial charge in [-0.1, -0.05) is 48.0 Å². The smallest absolute Gasteiger partial charge is 0.223 e. The third-order valence-corrected chi connectivity index (χ3v) is 6.98. The van der Waals surface area contributed by atoms with Crippen molar-refractivity contribution in [2.45, 2.75) is 25.8 Å². The van der Waals surface area contributed by atoms with E-state index in [1.165, 1.54) is 6.07 Å². The summed E-state index contributed by atoms with van der Waals surface area (Å²) >= 11 is 0. The molecular formula is C30H31FN2O3. The zero-order chi connectivity index (χ0) is 25.1. The third-order valence-electron chi connectivity index (χ3n) is 6.98. The second-order valence-electron chi connectivity index (χ2n) is 9.35. The van der Waals surface area contributed by atoms with Crippen molar-refractivity contribution in [3.05, 3.63) is 101 Å². The van der Waals surface area contributed by atoms with Gasteiger partial charge in [0.15, 0.2) is 0 Å². The number of halogens is 1. The van der Waals surface area contributed by atoms with Crippen molar-refractivity contribution in [3.63, 3.8) is 0 Å². The van der Waals surface area contributed by atoms with Crippen molar-refractivity contribution in [1.29, 1.82) is 0 Å². The van der Waals surface area contributed by atoms with E-state index in [0.29, 0.717) is 38.4 Å². The molecule has 1 atom stereocenters. The van der Waals surface area contributed by atoms with Gasteiger partial charge in [-0.05, 0) is 47.9 Å². The summed E-state index contributed by atoms with van der Waals surface area (Å²) in [6.07, 6.45) is 2.30. The van der Waals surface area contributed by atoms with Crippen LogP contribution in [0.5, 0.6) is 5.75 Å². The minimum absolute atomic E-state index is 0.0243. The first-order valence-electron chi connectivity index (χ1n) is 12.4. The lowest BCUT2D eigenvalue weighted by Crippen LogP contribution is -2.41. The van der Waals surface area contributed by atoms with Crippen LogP contribution in [0.1, 0.15) is 34.6 Å². The normalized spacial score (nSPS) is 14.7. The van der Waals surface area contributed by atoms with Gasteiger partial charge < -0.3 is 18.9 Å². The number of morpholine rings is 1. The number of hydrogen-bond acceptors (Lipinski definition) is 3. The van der Waals surface area contributed by atoms with E-state index in [2.05, 4.69) is 22.9 Å². The van der Waals surface area contributed by atoms with E-state index >= 15 is 4.39 Å². The SMILES string of the molecule is COc1ccc(Cn2cc([C@H](CC(=O)N3CCOCC3)c3cc(C)ccc3F)c3ccccc32)cc1. The number of amides is 1. The maximum atomic E-state index is 15.3. The van der Waals surface area contributed by atoms with Crippen molar-refractivity contribution >= 4 is 16.8 Å². The summed E-state index contributed by atoms with van der Waals surface area (Å²) in [5, 5.41) is 1.03. The molecular weight excluding hydrogens is 455 g/mol. The van der Waals surface area contributed by atoms with Gasteiger partial charge >= 0.3 is 0 Å². The van der Waals surface area contributed by atoms with Gasteiger partial charge in [0.05, 0.1) is 20.3 Å². The lowest BCUT2D eigenvalue weighted by Gasteiger charge is -2.29. The van der Waals surface area contributed by atoms with Crippen molar-refractivity contribution in [1.82, 2.24) is 9.47 Å². The maximum absolute atomic E-state index is 15.3. The number of ether oxygens (including phenoxy) is 2. The summed E-state index contributed by atoms with van der Waals surface area (Å²) < 4.78 is 28.2. The molecule has 3 aromatic carbocycles. The van der Waals surface area contributed by atoms with Gasteiger partial charge in [0.1, 0.15) is 11.6 Å². The van der Waals surface area contributed by atoms with Gasteiger partial charge in [-0.2, -0.15) is 0 Å². The van der Waals surface area contributed by atoms with E-state index in [0.717, 1.165) is 33.3 Å². The fraction of sp³-hybridized carbons (Fsp3) is 0.300. The van der Waals surface area contributed by atoms with Crippen LogP contribution in [-0.2, 0) is 16.1 Å². The van der Waals surface area contributed by atoms with Crippen molar-refractivity contribution in [2.24, 2.45) is 0 Å². The summed E-state index contributed by atoms with van der Waals surface area (Å²) in [5.41, 5.74) is 4.68. The molecule has 5 nitrogen and oxygen atoms in total.